The van der Waals surface area contributed by atoms with Crippen LogP contribution in [0.4, 0.5) is 11.4 Å². The number of morpholine rings is 1. The molecule has 0 radical (unpaired) electrons. The number of nitrogens with one attached hydrogen (secondary N) is 1. The van der Waals surface area contributed by atoms with E-state index in [1.54, 1.807) is 6.07 Å². The standard InChI is InChI=1S/C24H30N2O6S/c1-3-30-21-15-20(26-10-12-29-13-11-26)22(31-4-2)14-19(21)25-23(27)16-32-24(28)17-33-18-8-6-5-7-9-18/h5-9,14-15H,3-4,10-13,16-17H2,1-2H3,(H,25,27). The molecule has 1 fully saturated rings. The number of rotatable bonds is 11. The van der Waals surface area contributed by atoms with Crippen molar-refractivity contribution in [3.05, 3.63) is 42.5 Å². The van der Waals surface area contributed by atoms with Gasteiger partial charge in [0.15, 0.2) is 6.61 Å². The van der Waals surface area contributed by atoms with Gasteiger partial charge >= 0.3 is 5.97 Å². The smallest absolute Gasteiger partial charge is 0.316 e. The van der Waals surface area contributed by atoms with Gasteiger partial charge in [-0.3, -0.25) is 9.59 Å². The van der Waals surface area contributed by atoms with Crippen LogP contribution in [-0.4, -0.2) is 63.8 Å². The molecule has 0 unspecified atom stereocenters. The number of carbonyl (C=O) groups is 2. The molecule has 1 heterocycles. The molecule has 3 rings (SSSR count). The molecular formula is C24H30N2O6S. The van der Waals surface area contributed by atoms with Crippen molar-refractivity contribution in [2.75, 3.05) is 62.1 Å². The van der Waals surface area contributed by atoms with Crippen molar-refractivity contribution in [2.24, 2.45) is 0 Å². The summed E-state index contributed by atoms with van der Waals surface area (Å²) in [6.07, 6.45) is 0. The first-order chi connectivity index (χ1) is 16.1. The molecule has 0 saturated carbocycles. The van der Waals surface area contributed by atoms with Gasteiger partial charge in [-0.2, -0.15) is 0 Å². The fourth-order valence-corrected chi connectivity index (χ4v) is 3.99. The molecule has 1 N–H and O–H groups in total. The van der Waals surface area contributed by atoms with Crippen LogP contribution in [0.15, 0.2) is 47.4 Å². The number of hydrogen-bond donors (Lipinski definition) is 1. The third-order valence-corrected chi connectivity index (χ3v) is 5.74. The number of hydrogen-bond acceptors (Lipinski definition) is 8. The molecule has 0 aromatic heterocycles. The summed E-state index contributed by atoms with van der Waals surface area (Å²) in [6.45, 7) is 7.09. The minimum atomic E-state index is -0.457. The molecule has 2 aromatic rings. The fraction of sp³-hybridized carbons (Fsp3) is 0.417. The minimum absolute atomic E-state index is 0.129. The molecule has 2 aromatic carbocycles. The lowest BCUT2D eigenvalue weighted by molar-refractivity contribution is -0.144. The highest BCUT2D eigenvalue weighted by Crippen LogP contribution is 2.39. The Bertz CT molecular complexity index is 919. The maximum absolute atomic E-state index is 12.5. The summed E-state index contributed by atoms with van der Waals surface area (Å²) in [7, 11) is 0. The minimum Gasteiger partial charge on any atom is -0.492 e. The van der Waals surface area contributed by atoms with Crippen LogP contribution in [0.3, 0.4) is 0 Å². The summed E-state index contributed by atoms with van der Waals surface area (Å²) in [4.78, 5) is 27.6. The first-order valence-electron chi connectivity index (χ1n) is 11.0. The predicted octanol–water partition coefficient (Wildman–Crippen LogP) is 3.59. The molecular weight excluding hydrogens is 444 g/mol. The monoisotopic (exact) mass is 474 g/mol. The second-order valence-electron chi connectivity index (χ2n) is 7.09. The molecule has 0 atom stereocenters. The molecule has 0 bridgehead atoms. The fourth-order valence-electron chi connectivity index (χ4n) is 3.28. The van der Waals surface area contributed by atoms with E-state index in [1.807, 2.05) is 50.2 Å². The van der Waals surface area contributed by atoms with Crippen LogP contribution >= 0.6 is 11.8 Å². The van der Waals surface area contributed by atoms with Gasteiger partial charge in [-0.05, 0) is 26.0 Å². The Morgan fingerprint density at radius 3 is 2.42 bits per heavy atom. The van der Waals surface area contributed by atoms with E-state index in [9.17, 15) is 9.59 Å². The molecule has 1 saturated heterocycles. The summed E-state index contributed by atoms with van der Waals surface area (Å²) < 4.78 is 22.2. The Morgan fingerprint density at radius 1 is 1.03 bits per heavy atom. The summed E-state index contributed by atoms with van der Waals surface area (Å²) >= 11 is 1.36. The SMILES string of the molecule is CCOc1cc(N2CCOCC2)c(OCC)cc1NC(=O)COC(=O)CSc1ccccc1. The second-order valence-corrected chi connectivity index (χ2v) is 8.14. The zero-order valence-corrected chi connectivity index (χ0v) is 19.8. The highest BCUT2D eigenvalue weighted by atomic mass is 32.2. The van der Waals surface area contributed by atoms with Crippen molar-refractivity contribution in [1.82, 2.24) is 0 Å². The second kappa shape index (κ2) is 13.0. The van der Waals surface area contributed by atoms with Crippen molar-refractivity contribution in [3.63, 3.8) is 0 Å². The molecule has 8 nitrogen and oxygen atoms in total. The van der Waals surface area contributed by atoms with E-state index in [2.05, 4.69) is 10.2 Å². The molecule has 9 heteroatoms. The number of amides is 1. The van der Waals surface area contributed by atoms with Gasteiger partial charge in [0.25, 0.3) is 5.91 Å². The molecule has 1 amide bonds. The molecule has 1 aliphatic heterocycles. The van der Waals surface area contributed by atoms with E-state index in [0.717, 1.165) is 23.7 Å². The summed E-state index contributed by atoms with van der Waals surface area (Å²) in [6, 6.07) is 13.2. The third kappa shape index (κ3) is 7.57. The normalized spacial score (nSPS) is 13.3. The van der Waals surface area contributed by atoms with Crippen LogP contribution in [0.2, 0.25) is 0 Å². The Morgan fingerprint density at radius 2 is 1.73 bits per heavy atom. The number of thioether (sulfide) groups is 1. The van der Waals surface area contributed by atoms with E-state index < -0.39 is 11.9 Å². The van der Waals surface area contributed by atoms with E-state index >= 15 is 0 Å². The maximum Gasteiger partial charge on any atom is 0.316 e. The number of benzene rings is 2. The Hall–Kier alpha value is -2.91. The van der Waals surface area contributed by atoms with Crippen molar-refractivity contribution in [1.29, 1.82) is 0 Å². The van der Waals surface area contributed by atoms with E-state index in [4.69, 9.17) is 18.9 Å². The van der Waals surface area contributed by atoms with E-state index in [1.165, 1.54) is 11.8 Å². The summed E-state index contributed by atoms with van der Waals surface area (Å²) in [5.74, 6) is 0.401. The number of carbonyl (C=O) groups excluding carboxylic acids is 2. The topological polar surface area (TPSA) is 86.3 Å². The largest absolute Gasteiger partial charge is 0.492 e. The Kier molecular flexibility index (Phi) is 9.71. The number of ether oxygens (including phenoxy) is 4. The van der Waals surface area contributed by atoms with Crippen LogP contribution < -0.4 is 19.7 Å². The van der Waals surface area contributed by atoms with Gasteiger partial charge in [-0.15, -0.1) is 11.8 Å². The summed E-state index contributed by atoms with van der Waals surface area (Å²) in [5.41, 5.74) is 1.36. The van der Waals surface area contributed by atoms with E-state index in [-0.39, 0.29) is 12.4 Å². The average molecular weight is 475 g/mol. The van der Waals surface area contributed by atoms with Crippen molar-refractivity contribution < 1.29 is 28.5 Å². The van der Waals surface area contributed by atoms with Crippen LogP contribution in [-0.2, 0) is 19.1 Å². The molecule has 0 spiro atoms. The Balaban J connectivity index is 1.63. The van der Waals surface area contributed by atoms with Crippen molar-refractivity contribution >= 4 is 35.0 Å². The molecule has 1 aliphatic rings. The number of anilines is 2. The molecule has 0 aliphatic carbocycles. The van der Waals surface area contributed by atoms with Crippen LogP contribution in [0.1, 0.15) is 13.8 Å². The van der Waals surface area contributed by atoms with Crippen molar-refractivity contribution in [3.8, 4) is 11.5 Å². The van der Waals surface area contributed by atoms with Crippen molar-refractivity contribution in [2.45, 2.75) is 18.7 Å². The number of esters is 1. The number of nitrogens with zero attached hydrogens (tertiary/aromatic N) is 1. The van der Waals surface area contributed by atoms with Gasteiger partial charge in [0.2, 0.25) is 0 Å². The van der Waals surface area contributed by atoms with Gasteiger partial charge in [0, 0.05) is 30.1 Å². The molecule has 33 heavy (non-hydrogen) atoms. The quantitative estimate of drug-likeness (QED) is 0.391. The lowest BCUT2D eigenvalue weighted by Crippen LogP contribution is -2.36. The summed E-state index contributed by atoms with van der Waals surface area (Å²) in [5, 5.41) is 2.78. The zero-order chi connectivity index (χ0) is 23.5. The van der Waals surface area contributed by atoms with Gasteiger partial charge in [-0.1, -0.05) is 18.2 Å². The third-order valence-electron chi connectivity index (χ3n) is 4.75. The van der Waals surface area contributed by atoms with Crippen LogP contribution in [0, 0.1) is 0 Å². The lowest BCUT2D eigenvalue weighted by atomic mass is 10.2. The van der Waals surface area contributed by atoms with E-state index in [0.29, 0.717) is 43.6 Å². The van der Waals surface area contributed by atoms with Crippen LogP contribution in [0.25, 0.3) is 0 Å². The van der Waals surface area contributed by atoms with Gasteiger partial charge in [0.05, 0.1) is 43.6 Å². The van der Waals surface area contributed by atoms with Gasteiger partial charge in [-0.25, -0.2) is 0 Å². The zero-order valence-electron chi connectivity index (χ0n) is 19.0. The average Bonchev–Trinajstić information content (AvgIpc) is 2.84. The molecule has 178 valence electrons. The van der Waals surface area contributed by atoms with Gasteiger partial charge in [0.1, 0.15) is 11.5 Å². The predicted molar refractivity (Wildman–Crippen MR) is 129 cm³/mol. The first-order valence-corrected chi connectivity index (χ1v) is 12.0. The van der Waals surface area contributed by atoms with Gasteiger partial charge < -0.3 is 29.2 Å². The highest BCUT2D eigenvalue weighted by molar-refractivity contribution is 8.00. The lowest BCUT2D eigenvalue weighted by Gasteiger charge is -2.31. The highest BCUT2D eigenvalue weighted by Gasteiger charge is 2.20. The Labute approximate surface area is 198 Å². The van der Waals surface area contributed by atoms with Crippen LogP contribution in [0.5, 0.6) is 11.5 Å². The first kappa shape index (κ1) is 24.7. The maximum atomic E-state index is 12.5.